The number of aliphatic hydroxyl groups excluding tert-OH is 2. The number of cyclic esters (lactones) is 1. The lowest BCUT2D eigenvalue weighted by atomic mass is 9.44. The summed E-state index contributed by atoms with van der Waals surface area (Å²) < 4.78 is 15.5. The fraction of sp³-hybridized carbons (Fsp3) is 0.914. The Morgan fingerprint density at radius 2 is 1.63 bits per heavy atom. The molecule has 8 heteroatoms. The van der Waals surface area contributed by atoms with Crippen LogP contribution in [0, 0.1) is 58.2 Å². The minimum absolute atomic E-state index is 0.239. The number of ketones is 1. The normalized spacial score (nSPS) is 42.8. The van der Waals surface area contributed by atoms with Crippen LogP contribution in [0.3, 0.4) is 0 Å². The van der Waals surface area contributed by atoms with E-state index in [4.69, 9.17) is 19.3 Å². The average molecular weight is 605 g/mol. The van der Waals surface area contributed by atoms with E-state index < -0.39 is 42.8 Å². The van der Waals surface area contributed by atoms with E-state index in [1.807, 2.05) is 0 Å². The van der Waals surface area contributed by atoms with E-state index in [9.17, 15) is 19.5 Å². The van der Waals surface area contributed by atoms with Gasteiger partial charge in [0, 0.05) is 0 Å². The topological polar surface area (TPSA) is 119 Å². The Morgan fingerprint density at radius 1 is 0.930 bits per heavy atom. The van der Waals surface area contributed by atoms with E-state index in [-0.39, 0.29) is 11.5 Å². The van der Waals surface area contributed by atoms with Crippen LogP contribution in [0.5, 0.6) is 0 Å². The standard InChI is InChI=1S/C35H56O8/c1-19(2)20(3)7-8-21(4)25-11-12-26-24-10-9-22-17-23(13-15-34(22,5)27(24)14-16-35(25,26)6)41-33(40)43-31-29(38)30(28(37)18-36)42-32(31)39/h19-28,30-31,36-37H,7-18H2,1-6H3/t20?,21-,22-,23-,24-,25+,26-,27-,28?,30?,31?,34-,35+/m0/s1. The second-order valence-electron chi connectivity index (χ2n) is 15.9. The molecule has 0 aromatic heterocycles. The predicted molar refractivity (Wildman–Crippen MR) is 161 cm³/mol. The maximum Gasteiger partial charge on any atom is 0.509 e. The number of esters is 1. The van der Waals surface area contributed by atoms with Gasteiger partial charge in [-0.05, 0) is 116 Å². The van der Waals surface area contributed by atoms with Crippen LogP contribution in [0.4, 0.5) is 4.79 Å². The smallest absolute Gasteiger partial charge is 0.448 e. The van der Waals surface area contributed by atoms with Crippen LogP contribution >= 0.6 is 0 Å². The molecule has 0 spiro atoms. The van der Waals surface area contributed by atoms with Crippen LogP contribution in [0.15, 0.2) is 0 Å². The molecule has 4 saturated carbocycles. The summed E-state index contributed by atoms with van der Waals surface area (Å²) in [6.45, 7) is 14.0. The number of carbonyl (C=O) groups excluding carboxylic acids is 3. The van der Waals surface area contributed by atoms with Gasteiger partial charge in [-0.15, -0.1) is 0 Å². The highest BCUT2D eigenvalue weighted by Crippen LogP contribution is 2.68. The van der Waals surface area contributed by atoms with Crippen LogP contribution in [-0.4, -0.2) is 59.1 Å². The number of hydrogen-bond acceptors (Lipinski definition) is 8. The highest BCUT2D eigenvalue weighted by Gasteiger charge is 2.61. The van der Waals surface area contributed by atoms with Crippen molar-refractivity contribution in [3.8, 4) is 0 Å². The van der Waals surface area contributed by atoms with Crippen LogP contribution in [-0.2, 0) is 23.8 Å². The molecule has 1 heterocycles. The zero-order chi connectivity index (χ0) is 31.3. The molecule has 0 amide bonds. The Hall–Kier alpha value is -1.67. The molecular weight excluding hydrogens is 548 g/mol. The number of Topliss-reactive ketones (excluding diaryl/α,β-unsaturated/α-hetero) is 1. The van der Waals surface area contributed by atoms with Crippen molar-refractivity contribution in [2.75, 3.05) is 6.61 Å². The second-order valence-corrected chi connectivity index (χ2v) is 15.9. The lowest BCUT2D eigenvalue weighted by Crippen LogP contribution is -2.54. The third-order valence-corrected chi connectivity index (χ3v) is 13.6. The Morgan fingerprint density at radius 3 is 2.33 bits per heavy atom. The van der Waals surface area contributed by atoms with Crippen molar-refractivity contribution >= 4 is 17.9 Å². The highest BCUT2D eigenvalue weighted by molar-refractivity contribution is 6.10. The first-order chi connectivity index (χ1) is 20.3. The zero-order valence-electron chi connectivity index (χ0n) is 27.3. The second kappa shape index (κ2) is 12.6. The Kier molecular flexibility index (Phi) is 9.60. The summed E-state index contributed by atoms with van der Waals surface area (Å²) >= 11 is 0. The Bertz CT molecular complexity index is 1040. The zero-order valence-corrected chi connectivity index (χ0v) is 27.3. The molecule has 4 aliphatic carbocycles. The Balaban J connectivity index is 1.16. The van der Waals surface area contributed by atoms with Gasteiger partial charge in [0.05, 0.1) is 6.61 Å². The van der Waals surface area contributed by atoms with E-state index in [1.54, 1.807) is 0 Å². The summed E-state index contributed by atoms with van der Waals surface area (Å²) in [6, 6.07) is 0. The summed E-state index contributed by atoms with van der Waals surface area (Å²) in [6.07, 6.45) is 6.80. The molecule has 5 rings (SSSR count). The molecule has 0 aromatic carbocycles. The molecule has 0 aromatic rings. The van der Waals surface area contributed by atoms with Crippen molar-refractivity contribution in [1.82, 2.24) is 0 Å². The number of carbonyl (C=O) groups is 3. The minimum Gasteiger partial charge on any atom is -0.448 e. The van der Waals surface area contributed by atoms with Crippen molar-refractivity contribution in [3.05, 3.63) is 0 Å². The lowest BCUT2D eigenvalue weighted by molar-refractivity contribution is -0.153. The first-order valence-electron chi connectivity index (χ1n) is 17.2. The third kappa shape index (κ3) is 6.01. The molecule has 5 fully saturated rings. The maximum absolute atomic E-state index is 12.6. The lowest BCUT2D eigenvalue weighted by Gasteiger charge is -2.61. The van der Waals surface area contributed by atoms with Gasteiger partial charge in [-0.2, -0.15) is 0 Å². The molecule has 4 unspecified atom stereocenters. The van der Waals surface area contributed by atoms with Gasteiger partial charge in [-0.1, -0.05) is 54.4 Å². The number of fused-ring (bicyclic) bond motifs is 5. The summed E-state index contributed by atoms with van der Waals surface area (Å²) in [7, 11) is 0. The van der Waals surface area contributed by atoms with E-state index in [1.165, 1.54) is 44.9 Å². The molecule has 244 valence electrons. The number of aliphatic hydroxyl groups is 2. The van der Waals surface area contributed by atoms with Crippen LogP contribution in [0.1, 0.15) is 112 Å². The van der Waals surface area contributed by atoms with Gasteiger partial charge < -0.3 is 24.4 Å². The molecule has 1 aliphatic heterocycles. The fourth-order valence-electron chi connectivity index (χ4n) is 10.6. The molecule has 8 nitrogen and oxygen atoms in total. The fourth-order valence-corrected chi connectivity index (χ4v) is 10.6. The highest BCUT2D eigenvalue weighted by atomic mass is 16.7. The van der Waals surface area contributed by atoms with Gasteiger partial charge in [0.25, 0.3) is 6.10 Å². The van der Waals surface area contributed by atoms with Gasteiger partial charge in [0.1, 0.15) is 12.2 Å². The largest absolute Gasteiger partial charge is 0.509 e. The molecule has 1 saturated heterocycles. The van der Waals surface area contributed by atoms with Gasteiger partial charge in [0.2, 0.25) is 5.78 Å². The van der Waals surface area contributed by atoms with E-state index >= 15 is 0 Å². The first-order valence-corrected chi connectivity index (χ1v) is 17.2. The third-order valence-electron chi connectivity index (χ3n) is 13.6. The molecule has 2 N–H and O–H groups in total. The molecule has 13 atom stereocenters. The van der Waals surface area contributed by atoms with Gasteiger partial charge in [0.15, 0.2) is 6.10 Å². The van der Waals surface area contributed by atoms with Gasteiger partial charge in [-0.3, -0.25) is 4.79 Å². The molecule has 5 aliphatic rings. The van der Waals surface area contributed by atoms with Crippen LogP contribution in [0.25, 0.3) is 0 Å². The quantitative estimate of drug-likeness (QED) is 0.240. The van der Waals surface area contributed by atoms with E-state index in [0.29, 0.717) is 17.3 Å². The molecule has 43 heavy (non-hydrogen) atoms. The molecule has 0 bridgehead atoms. The summed E-state index contributed by atoms with van der Waals surface area (Å²) in [5.41, 5.74) is 0.698. The number of rotatable bonds is 9. The maximum atomic E-state index is 12.6. The first kappa shape index (κ1) is 32.7. The predicted octanol–water partition coefficient (Wildman–Crippen LogP) is 6.09. The van der Waals surface area contributed by atoms with Crippen LogP contribution in [0.2, 0.25) is 0 Å². The van der Waals surface area contributed by atoms with Gasteiger partial charge >= 0.3 is 12.1 Å². The van der Waals surface area contributed by atoms with Crippen molar-refractivity contribution < 1.29 is 38.8 Å². The monoisotopic (exact) mass is 604 g/mol. The van der Waals surface area contributed by atoms with E-state index in [2.05, 4.69) is 41.5 Å². The summed E-state index contributed by atoms with van der Waals surface area (Å²) in [5.74, 6) is 4.04. The minimum atomic E-state index is -1.77. The SMILES string of the molecule is CC(C)C(C)CC[C@H](C)[C@H]1CC[C@H]2[C@@H]3CC[C@H]4C[C@@H](OC(=O)OC5C(=O)OC(C(O)CO)C5=O)CC[C@]4(C)[C@H]3CC[C@]12C. The number of hydrogen-bond donors (Lipinski definition) is 2. The van der Waals surface area contributed by atoms with Crippen molar-refractivity contribution in [2.24, 2.45) is 58.2 Å². The van der Waals surface area contributed by atoms with Crippen molar-refractivity contribution in [1.29, 1.82) is 0 Å². The summed E-state index contributed by atoms with van der Waals surface area (Å²) in [5, 5.41) is 18.8. The average Bonchev–Trinajstić information content (AvgIpc) is 3.46. The number of ether oxygens (including phenoxy) is 3. The summed E-state index contributed by atoms with van der Waals surface area (Å²) in [4.78, 5) is 37.1. The van der Waals surface area contributed by atoms with Gasteiger partial charge in [-0.25, -0.2) is 9.59 Å². The molecular formula is C35H56O8. The van der Waals surface area contributed by atoms with Crippen LogP contribution < -0.4 is 0 Å². The van der Waals surface area contributed by atoms with Crippen molar-refractivity contribution in [3.63, 3.8) is 0 Å². The van der Waals surface area contributed by atoms with Crippen molar-refractivity contribution in [2.45, 2.75) is 137 Å². The van der Waals surface area contributed by atoms with E-state index in [0.717, 1.165) is 61.2 Å². The Labute approximate surface area is 258 Å². The molecule has 0 radical (unpaired) electrons.